The van der Waals surface area contributed by atoms with Crippen LogP contribution in [0.4, 0.5) is 13.2 Å². The first kappa shape index (κ1) is 25.7. The van der Waals surface area contributed by atoms with Gasteiger partial charge in [-0.1, -0.05) is 50.1 Å². The van der Waals surface area contributed by atoms with Crippen molar-refractivity contribution in [3.05, 3.63) is 68.5 Å². The predicted octanol–water partition coefficient (Wildman–Crippen LogP) is 3.49. The van der Waals surface area contributed by atoms with Gasteiger partial charge < -0.3 is 14.2 Å². The highest BCUT2D eigenvalue weighted by Gasteiger charge is 2.40. The van der Waals surface area contributed by atoms with Gasteiger partial charge in [-0.3, -0.25) is 14.3 Å². The summed E-state index contributed by atoms with van der Waals surface area (Å²) in [5.74, 6) is 6.34. The first-order valence-corrected chi connectivity index (χ1v) is 10.9. The van der Waals surface area contributed by atoms with Gasteiger partial charge in [0, 0.05) is 19.0 Å². The maximum atomic E-state index is 13.2. The lowest BCUT2D eigenvalue weighted by atomic mass is 10.1. The molecule has 1 fully saturated rings. The summed E-state index contributed by atoms with van der Waals surface area (Å²) in [6, 6.07) is 9.44. The summed E-state index contributed by atoms with van der Waals surface area (Å²) in [4.78, 5) is 25.6. The van der Waals surface area contributed by atoms with Gasteiger partial charge in [0.2, 0.25) is 0 Å². The van der Waals surface area contributed by atoms with Crippen LogP contribution in [0.3, 0.4) is 0 Å². The van der Waals surface area contributed by atoms with Crippen molar-refractivity contribution in [1.29, 1.82) is 0 Å². The van der Waals surface area contributed by atoms with E-state index in [1.165, 1.54) is 0 Å². The van der Waals surface area contributed by atoms with E-state index in [-0.39, 0.29) is 19.6 Å². The van der Waals surface area contributed by atoms with Gasteiger partial charge in [0.05, 0.1) is 19.3 Å². The molecule has 0 saturated carbocycles. The highest BCUT2D eigenvalue weighted by Crippen LogP contribution is 2.32. The summed E-state index contributed by atoms with van der Waals surface area (Å²) in [6.07, 6.45) is -5.90. The molecule has 184 valence electrons. The number of nitrogens with zero attached hydrogens (tertiary/aromatic N) is 1. The molecule has 0 spiro atoms. The van der Waals surface area contributed by atoms with Crippen LogP contribution in [0.15, 0.2) is 46.1 Å². The molecule has 3 atom stereocenters. The topological polar surface area (TPSA) is 82.6 Å². The minimum atomic E-state index is -4.91. The van der Waals surface area contributed by atoms with E-state index >= 15 is 0 Å². The van der Waals surface area contributed by atoms with E-state index < -0.39 is 41.4 Å². The lowest BCUT2D eigenvalue weighted by molar-refractivity contribution is -0.139. The lowest BCUT2D eigenvalue weighted by Gasteiger charge is -2.18. The number of benzene rings is 1. The van der Waals surface area contributed by atoms with Crippen LogP contribution in [-0.2, 0) is 27.0 Å². The molecule has 0 aliphatic carbocycles. The molecule has 1 aliphatic heterocycles. The van der Waals surface area contributed by atoms with Crippen LogP contribution in [0.5, 0.6) is 0 Å². The Morgan fingerprint density at radius 3 is 2.62 bits per heavy atom. The summed E-state index contributed by atoms with van der Waals surface area (Å²) < 4.78 is 57.7. The number of aromatic amines is 1. The van der Waals surface area contributed by atoms with Crippen LogP contribution >= 0.6 is 0 Å². The van der Waals surface area contributed by atoms with Crippen molar-refractivity contribution in [2.24, 2.45) is 5.92 Å². The number of rotatable bonds is 8. The van der Waals surface area contributed by atoms with E-state index in [1.807, 2.05) is 44.2 Å². The quantitative estimate of drug-likeness (QED) is 0.585. The first-order valence-electron chi connectivity index (χ1n) is 10.9. The van der Waals surface area contributed by atoms with Gasteiger partial charge in [-0.25, -0.2) is 4.79 Å². The van der Waals surface area contributed by atoms with Gasteiger partial charge >= 0.3 is 11.9 Å². The number of hydrogen-bond acceptors (Lipinski definition) is 5. The summed E-state index contributed by atoms with van der Waals surface area (Å²) in [5.41, 5.74) is -3.02. The molecule has 1 aliphatic rings. The Morgan fingerprint density at radius 2 is 1.94 bits per heavy atom. The van der Waals surface area contributed by atoms with Gasteiger partial charge in [0.1, 0.15) is 24.5 Å². The van der Waals surface area contributed by atoms with Crippen LogP contribution < -0.4 is 11.2 Å². The number of aromatic nitrogens is 2. The van der Waals surface area contributed by atoms with Gasteiger partial charge in [-0.05, 0) is 11.5 Å². The van der Waals surface area contributed by atoms with E-state index in [9.17, 15) is 22.8 Å². The molecule has 34 heavy (non-hydrogen) atoms. The van der Waals surface area contributed by atoms with Crippen molar-refractivity contribution in [2.45, 2.75) is 57.9 Å². The molecule has 7 nitrogen and oxygen atoms in total. The largest absolute Gasteiger partial charge is 0.423 e. The molecule has 0 bridgehead atoms. The standard InChI is InChI=1S/C24H27F3N2O5/c1-16(2)8-6-7-11-33-19-12-21(29-13-18(24(25,26)27)22(30)28-23(29)31)34-20(19)15-32-14-17-9-4-3-5-10-17/h3-5,9-10,13,16,19-21H,8,11-12,14-15H2,1-2H3,(H,28,30,31)/t19-,20+,21+/m0/s1. The van der Waals surface area contributed by atoms with Crippen molar-refractivity contribution in [2.75, 3.05) is 13.2 Å². The van der Waals surface area contributed by atoms with E-state index in [4.69, 9.17) is 14.2 Å². The minimum absolute atomic E-state index is 0.0917. The summed E-state index contributed by atoms with van der Waals surface area (Å²) in [5, 5.41) is 0. The van der Waals surface area contributed by atoms with Crippen molar-refractivity contribution >= 4 is 0 Å². The number of alkyl halides is 3. The maximum Gasteiger partial charge on any atom is 0.423 e. The fraction of sp³-hybridized carbons (Fsp3) is 0.500. The van der Waals surface area contributed by atoms with Crippen LogP contribution in [-0.4, -0.2) is 35.0 Å². The zero-order valence-corrected chi connectivity index (χ0v) is 18.9. The fourth-order valence-corrected chi connectivity index (χ4v) is 3.44. The SMILES string of the molecule is CC(C)CC#CCO[C@H]1C[C@H](n2cc(C(F)(F)F)c(=O)[nH]c2=O)O[C@@H]1COCc1ccccc1. The Balaban J connectivity index is 1.74. The number of halogens is 3. The summed E-state index contributed by atoms with van der Waals surface area (Å²) >= 11 is 0. The molecule has 0 radical (unpaired) electrons. The lowest BCUT2D eigenvalue weighted by Crippen LogP contribution is -2.36. The van der Waals surface area contributed by atoms with Gasteiger partial charge in [0.25, 0.3) is 5.56 Å². The molecular weight excluding hydrogens is 453 g/mol. The molecular formula is C24H27F3N2O5. The fourth-order valence-electron chi connectivity index (χ4n) is 3.44. The van der Waals surface area contributed by atoms with Gasteiger partial charge in [0.15, 0.2) is 0 Å². The average Bonchev–Trinajstić information content (AvgIpc) is 3.15. The average molecular weight is 480 g/mol. The Morgan fingerprint density at radius 1 is 1.21 bits per heavy atom. The molecule has 1 aromatic carbocycles. The Bertz CT molecular complexity index is 1120. The van der Waals surface area contributed by atoms with E-state index in [1.54, 1.807) is 4.98 Å². The number of H-pyrrole nitrogens is 1. The van der Waals surface area contributed by atoms with Gasteiger partial charge in [-0.15, -0.1) is 5.92 Å². The third-order valence-electron chi connectivity index (χ3n) is 5.16. The van der Waals surface area contributed by atoms with Crippen LogP contribution in [0, 0.1) is 17.8 Å². The predicted molar refractivity (Wildman–Crippen MR) is 118 cm³/mol. The second kappa shape index (κ2) is 11.5. The van der Waals surface area contributed by atoms with Crippen molar-refractivity contribution in [3.8, 4) is 11.8 Å². The molecule has 1 N–H and O–H groups in total. The molecule has 0 amide bonds. The number of ether oxygens (including phenoxy) is 3. The molecule has 3 rings (SSSR count). The highest BCUT2D eigenvalue weighted by atomic mass is 19.4. The zero-order chi connectivity index (χ0) is 24.7. The van der Waals surface area contributed by atoms with Crippen molar-refractivity contribution in [3.63, 3.8) is 0 Å². The van der Waals surface area contributed by atoms with Crippen molar-refractivity contribution in [1.82, 2.24) is 9.55 Å². The second-order valence-corrected chi connectivity index (χ2v) is 8.37. The molecule has 1 saturated heterocycles. The molecule has 0 unspecified atom stereocenters. The Labute approximate surface area is 194 Å². The highest BCUT2D eigenvalue weighted by molar-refractivity contribution is 5.13. The minimum Gasteiger partial charge on any atom is -0.374 e. The Kier molecular flexibility index (Phi) is 8.72. The number of nitrogens with one attached hydrogen (secondary N) is 1. The summed E-state index contributed by atoms with van der Waals surface area (Å²) in [6.45, 7) is 4.60. The Hall–Kier alpha value is -2.87. The van der Waals surface area contributed by atoms with E-state index in [2.05, 4.69) is 11.8 Å². The normalized spacial score (nSPS) is 20.4. The molecule has 2 heterocycles. The maximum absolute atomic E-state index is 13.2. The van der Waals surface area contributed by atoms with Crippen LogP contribution in [0.1, 0.15) is 44.0 Å². The third-order valence-corrected chi connectivity index (χ3v) is 5.16. The first-order chi connectivity index (χ1) is 16.1. The number of hydrogen-bond donors (Lipinski definition) is 1. The monoisotopic (exact) mass is 480 g/mol. The third kappa shape index (κ3) is 7.06. The summed E-state index contributed by atoms with van der Waals surface area (Å²) in [7, 11) is 0. The second-order valence-electron chi connectivity index (χ2n) is 8.37. The molecule has 2 aromatic rings. The van der Waals surface area contributed by atoms with E-state index in [0.717, 1.165) is 10.1 Å². The molecule has 10 heteroatoms. The van der Waals surface area contributed by atoms with Crippen molar-refractivity contribution < 1.29 is 27.4 Å². The molecule has 1 aromatic heterocycles. The zero-order valence-electron chi connectivity index (χ0n) is 18.9. The van der Waals surface area contributed by atoms with E-state index in [0.29, 0.717) is 25.1 Å². The van der Waals surface area contributed by atoms with Crippen LogP contribution in [0.2, 0.25) is 0 Å². The van der Waals surface area contributed by atoms with Gasteiger partial charge in [-0.2, -0.15) is 13.2 Å². The van der Waals surface area contributed by atoms with Crippen LogP contribution in [0.25, 0.3) is 0 Å². The smallest absolute Gasteiger partial charge is 0.374 e.